The lowest BCUT2D eigenvalue weighted by Crippen LogP contribution is -2.33. The van der Waals surface area contributed by atoms with E-state index in [1.807, 2.05) is 37.3 Å². The molecule has 4 heteroatoms. The van der Waals surface area contributed by atoms with Crippen LogP contribution in [-0.2, 0) is 6.54 Å². The number of carbonyl (C=O) groups is 1. The first-order valence-electron chi connectivity index (χ1n) is 9.32. The summed E-state index contributed by atoms with van der Waals surface area (Å²) < 4.78 is 5.33. The second-order valence-corrected chi connectivity index (χ2v) is 7.34. The van der Waals surface area contributed by atoms with Gasteiger partial charge in [-0.1, -0.05) is 25.1 Å². The molecule has 2 aromatic rings. The Labute approximate surface area is 156 Å². The lowest BCUT2D eigenvalue weighted by molar-refractivity contribution is 0.102. The summed E-state index contributed by atoms with van der Waals surface area (Å²) in [7, 11) is 1.61. The van der Waals surface area contributed by atoms with Crippen molar-refractivity contribution in [1.82, 2.24) is 4.90 Å². The van der Waals surface area contributed by atoms with Crippen LogP contribution in [0.3, 0.4) is 0 Å². The molecule has 4 nitrogen and oxygen atoms in total. The molecule has 0 aromatic heterocycles. The number of piperidine rings is 1. The minimum absolute atomic E-state index is 0.118. The fourth-order valence-electron chi connectivity index (χ4n) is 3.56. The zero-order chi connectivity index (χ0) is 18.5. The monoisotopic (exact) mass is 352 g/mol. The molecule has 0 bridgehead atoms. The van der Waals surface area contributed by atoms with Gasteiger partial charge in [-0.2, -0.15) is 0 Å². The molecule has 1 fully saturated rings. The molecule has 0 aliphatic carbocycles. The highest BCUT2D eigenvalue weighted by molar-refractivity contribution is 6.05. The van der Waals surface area contributed by atoms with Gasteiger partial charge < -0.3 is 10.1 Å². The molecule has 26 heavy (non-hydrogen) atoms. The molecule has 1 N–H and O–H groups in total. The highest BCUT2D eigenvalue weighted by atomic mass is 16.5. The van der Waals surface area contributed by atoms with E-state index in [4.69, 9.17) is 4.74 Å². The highest BCUT2D eigenvalue weighted by Crippen LogP contribution is 2.26. The fraction of sp³-hybridized carbons (Fsp3) is 0.409. The van der Waals surface area contributed by atoms with E-state index >= 15 is 0 Å². The van der Waals surface area contributed by atoms with Crippen LogP contribution in [0.5, 0.6) is 5.75 Å². The molecular weight excluding hydrogens is 324 g/mol. The largest absolute Gasteiger partial charge is 0.495 e. The Morgan fingerprint density at radius 1 is 1.23 bits per heavy atom. The third-order valence-electron chi connectivity index (χ3n) is 4.97. The standard InChI is InChI=1S/C22H28N2O2/c1-16-6-11-21(26-3)20(13-16)23-22(25)19-9-7-18(8-10-19)15-24-12-4-5-17(2)14-24/h6-11,13,17H,4-5,12,14-15H2,1-3H3,(H,23,25)/t17-/m1/s1. The Bertz CT molecular complexity index is 755. The van der Waals surface area contributed by atoms with Crippen molar-refractivity contribution in [3.63, 3.8) is 0 Å². The first kappa shape index (κ1) is 18.5. The van der Waals surface area contributed by atoms with Crippen LogP contribution in [0.25, 0.3) is 0 Å². The van der Waals surface area contributed by atoms with Gasteiger partial charge in [-0.25, -0.2) is 0 Å². The van der Waals surface area contributed by atoms with Crippen molar-refractivity contribution in [1.29, 1.82) is 0 Å². The summed E-state index contributed by atoms with van der Waals surface area (Å²) in [6, 6.07) is 13.7. The van der Waals surface area contributed by atoms with Gasteiger partial charge in [-0.15, -0.1) is 0 Å². The lowest BCUT2D eigenvalue weighted by atomic mass is 9.99. The van der Waals surface area contributed by atoms with Crippen LogP contribution in [0.15, 0.2) is 42.5 Å². The number of nitrogens with zero attached hydrogens (tertiary/aromatic N) is 1. The number of amides is 1. The summed E-state index contributed by atoms with van der Waals surface area (Å²) in [4.78, 5) is 15.1. The number of carbonyl (C=O) groups excluding carboxylic acids is 1. The van der Waals surface area contributed by atoms with Crippen molar-refractivity contribution in [3.8, 4) is 5.75 Å². The predicted molar refractivity (Wildman–Crippen MR) is 106 cm³/mol. The van der Waals surface area contributed by atoms with Gasteiger partial charge in [0.25, 0.3) is 5.91 Å². The normalized spacial score (nSPS) is 17.7. The van der Waals surface area contributed by atoms with Crippen LogP contribution in [0, 0.1) is 12.8 Å². The predicted octanol–water partition coefficient (Wildman–Crippen LogP) is 4.49. The van der Waals surface area contributed by atoms with Crippen LogP contribution < -0.4 is 10.1 Å². The first-order valence-corrected chi connectivity index (χ1v) is 9.32. The van der Waals surface area contributed by atoms with E-state index < -0.39 is 0 Å². The number of rotatable bonds is 5. The SMILES string of the molecule is COc1ccc(C)cc1NC(=O)c1ccc(CN2CCC[C@@H](C)C2)cc1. The summed E-state index contributed by atoms with van der Waals surface area (Å²) in [6.07, 6.45) is 2.61. The smallest absolute Gasteiger partial charge is 0.255 e. The number of likely N-dealkylation sites (tertiary alicyclic amines) is 1. The summed E-state index contributed by atoms with van der Waals surface area (Å²) in [6.45, 7) is 7.59. The zero-order valence-electron chi connectivity index (χ0n) is 15.9. The summed E-state index contributed by atoms with van der Waals surface area (Å²) in [5.41, 5.74) is 3.68. The maximum Gasteiger partial charge on any atom is 0.255 e. The van der Waals surface area contributed by atoms with Crippen LogP contribution in [-0.4, -0.2) is 31.0 Å². The van der Waals surface area contributed by atoms with Gasteiger partial charge in [0.2, 0.25) is 0 Å². The van der Waals surface area contributed by atoms with Crippen molar-refractivity contribution in [2.75, 3.05) is 25.5 Å². The van der Waals surface area contributed by atoms with Crippen molar-refractivity contribution in [3.05, 3.63) is 59.2 Å². The van der Waals surface area contributed by atoms with Gasteiger partial charge in [0.15, 0.2) is 0 Å². The molecule has 1 saturated heterocycles. The van der Waals surface area contributed by atoms with E-state index in [0.29, 0.717) is 17.0 Å². The van der Waals surface area contributed by atoms with E-state index in [1.165, 1.54) is 24.9 Å². The molecule has 2 aromatic carbocycles. The Kier molecular flexibility index (Phi) is 5.94. The van der Waals surface area contributed by atoms with E-state index in [2.05, 4.69) is 29.3 Å². The van der Waals surface area contributed by atoms with Gasteiger partial charge in [0.05, 0.1) is 12.8 Å². The van der Waals surface area contributed by atoms with Gasteiger partial charge in [0, 0.05) is 18.7 Å². The number of aryl methyl sites for hydroxylation is 1. The third-order valence-corrected chi connectivity index (χ3v) is 4.97. The van der Waals surface area contributed by atoms with Crippen LogP contribution in [0.2, 0.25) is 0 Å². The minimum Gasteiger partial charge on any atom is -0.495 e. The van der Waals surface area contributed by atoms with E-state index in [-0.39, 0.29) is 5.91 Å². The Morgan fingerprint density at radius 2 is 2.00 bits per heavy atom. The van der Waals surface area contributed by atoms with E-state index in [0.717, 1.165) is 24.6 Å². The second kappa shape index (κ2) is 8.37. The zero-order valence-corrected chi connectivity index (χ0v) is 15.9. The number of hydrogen-bond donors (Lipinski definition) is 1. The number of hydrogen-bond acceptors (Lipinski definition) is 3. The number of methoxy groups -OCH3 is 1. The molecule has 0 saturated carbocycles. The van der Waals surface area contributed by atoms with Crippen LogP contribution >= 0.6 is 0 Å². The van der Waals surface area contributed by atoms with E-state index in [1.54, 1.807) is 7.11 Å². The highest BCUT2D eigenvalue weighted by Gasteiger charge is 2.16. The maximum absolute atomic E-state index is 12.6. The Hall–Kier alpha value is -2.33. The lowest BCUT2D eigenvalue weighted by Gasteiger charge is -2.30. The Balaban J connectivity index is 1.64. The number of anilines is 1. The number of nitrogens with one attached hydrogen (secondary N) is 1. The molecule has 0 unspecified atom stereocenters. The van der Waals surface area contributed by atoms with Crippen molar-refractivity contribution in [2.45, 2.75) is 33.2 Å². The molecule has 0 radical (unpaired) electrons. The first-order chi connectivity index (χ1) is 12.5. The number of benzene rings is 2. The number of ether oxygens (including phenoxy) is 1. The molecular formula is C22H28N2O2. The van der Waals surface area contributed by atoms with Crippen molar-refractivity contribution in [2.24, 2.45) is 5.92 Å². The van der Waals surface area contributed by atoms with Gasteiger partial charge in [-0.3, -0.25) is 9.69 Å². The molecule has 1 atom stereocenters. The Morgan fingerprint density at radius 3 is 2.69 bits per heavy atom. The van der Waals surface area contributed by atoms with Crippen molar-refractivity contribution < 1.29 is 9.53 Å². The molecule has 1 amide bonds. The summed E-state index contributed by atoms with van der Waals surface area (Å²) in [5.74, 6) is 1.32. The molecule has 1 heterocycles. The van der Waals surface area contributed by atoms with Gasteiger partial charge in [0.1, 0.15) is 5.75 Å². The minimum atomic E-state index is -0.118. The van der Waals surface area contributed by atoms with E-state index in [9.17, 15) is 4.79 Å². The molecule has 1 aliphatic rings. The topological polar surface area (TPSA) is 41.6 Å². The summed E-state index contributed by atoms with van der Waals surface area (Å²) >= 11 is 0. The quantitative estimate of drug-likeness (QED) is 0.862. The van der Waals surface area contributed by atoms with Crippen LogP contribution in [0.4, 0.5) is 5.69 Å². The molecule has 0 spiro atoms. The van der Waals surface area contributed by atoms with Gasteiger partial charge >= 0.3 is 0 Å². The third kappa shape index (κ3) is 4.64. The second-order valence-electron chi connectivity index (χ2n) is 7.34. The maximum atomic E-state index is 12.6. The molecule has 3 rings (SSSR count). The van der Waals surface area contributed by atoms with Crippen LogP contribution in [0.1, 0.15) is 41.3 Å². The molecule has 1 aliphatic heterocycles. The van der Waals surface area contributed by atoms with Crippen molar-refractivity contribution >= 4 is 11.6 Å². The average Bonchev–Trinajstić information content (AvgIpc) is 2.62. The average molecular weight is 352 g/mol. The molecule has 138 valence electrons. The fourth-order valence-corrected chi connectivity index (χ4v) is 3.56. The van der Waals surface area contributed by atoms with Gasteiger partial charge in [-0.05, 0) is 67.6 Å². The summed E-state index contributed by atoms with van der Waals surface area (Å²) in [5, 5.41) is 2.95.